The highest BCUT2D eigenvalue weighted by molar-refractivity contribution is 5.39. The summed E-state index contributed by atoms with van der Waals surface area (Å²) in [6, 6.07) is 6.16. The van der Waals surface area contributed by atoms with Gasteiger partial charge < -0.3 is 4.74 Å². The van der Waals surface area contributed by atoms with Gasteiger partial charge in [0.05, 0.1) is 7.11 Å². The average molecular weight is 163 g/mol. The van der Waals surface area contributed by atoms with Gasteiger partial charge in [0.1, 0.15) is 5.75 Å². The van der Waals surface area contributed by atoms with Crippen molar-refractivity contribution >= 4 is 0 Å². The largest absolute Gasteiger partial charge is 0.496 e. The number of hydrogen-bond donors (Lipinski definition) is 0. The Bertz CT molecular complexity index is 264. The maximum atomic E-state index is 5.22. The van der Waals surface area contributed by atoms with E-state index < -0.39 is 0 Å². The maximum absolute atomic E-state index is 5.22. The smallest absolute Gasteiger partial charge is 0.122 e. The van der Waals surface area contributed by atoms with Crippen molar-refractivity contribution < 1.29 is 4.74 Å². The molecule has 1 unspecified atom stereocenters. The molecule has 0 bridgehead atoms. The quantitative estimate of drug-likeness (QED) is 0.651. The van der Waals surface area contributed by atoms with Crippen molar-refractivity contribution in [2.45, 2.75) is 19.8 Å². The second-order valence-electron chi connectivity index (χ2n) is 3.15. The van der Waals surface area contributed by atoms with Gasteiger partial charge >= 0.3 is 0 Å². The highest BCUT2D eigenvalue weighted by Crippen LogP contribution is 2.26. The molecule has 0 aliphatic rings. The Labute approximate surface area is 74.4 Å². The van der Waals surface area contributed by atoms with Gasteiger partial charge in [0.25, 0.3) is 0 Å². The van der Waals surface area contributed by atoms with Crippen molar-refractivity contribution in [1.29, 1.82) is 0 Å². The van der Waals surface area contributed by atoms with Gasteiger partial charge in [0.15, 0.2) is 0 Å². The van der Waals surface area contributed by atoms with Crippen LogP contribution in [-0.4, -0.2) is 7.11 Å². The minimum Gasteiger partial charge on any atom is -0.496 e. The van der Waals surface area contributed by atoms with E-state index in [4.69, 9.17) is 4.74 Å². The third-order valence-electron chi connectivity index (χ3n) is 1.92. The molecule has 1 heteroatoms. The normalized spacial score (nSPS) is 10.4. The molecule has 0 N–H and O–H groups in total. The highest BCUT2D eigenvalue weighted by Gasteiger charge is 2.06. The number of benzene rings is 1. The van der Waals surface area contributed by atoms with E-state index in [2.05, 4.69) is 26.8 Å². The fourth-order valence-corrected chi connectivity index (χ4v) is 1.24. The van der Waals surface area contributed by atoms with Crippen molar-refractivity contribution in [3.63, 3.8) is 0 Å². The lowest BCUT2D eigenvalue weighted by atomic mass is 10.0. The molecule has 0 heterocycles. The zero-order valence-electron chi connectivity index (χ0n) is 7.92. The lowest BCUT2D eigenvalue weighted by Crippen LogP contribution is -1.94. The van der Waals surface area contributed by atoms with Crippen LogP contribution >= 0.6 is 0 Å². The zero-order valence-corrected chi connectivity index (χ0v) is 7.92. The Hall–Kier alpha value is -0.980. The van der Waals surface area contributed by atoms with Crippen LogP contribution in [0.3, 0.4) is 0 Å². The van der Waals surface area contributed by atoms with Crippen LogP contribution in [-0.2, 0) is 0 Å². The predicted octanol–water partition coefficient (Wildman–Crippen LogP) is 2.94. The van der Waals surface area contributed by atoms with Crippen molar-refractivity contribution in [2.75, 3.05) is 7.11 Å². The molecule has 12 heavy (non-hydrogen) atoms. The average Bonchev–Trinajstić information content (AvgIpc) is 2.04. The molecule has 1 nitrogen and oxygen atoms in total. The zero-order chi connectivity index (χ0) is 9.14. The number of methoxy groups -OCH3 is 1. The molecule has 0 aliphatic carbocycles. The molecular weight excluding hydrogens is 148 g/mol. The van der Waals surface area contributed by atoms with Crippen molar-refractivity contribution in [3.8, 4) is 5.75 Å². The molecule has 0 fully saturated rings. The third kappa shape index (κ3) is 1.79. The molecule has 1 rings (SSSR count). The van der Waals surface area contributed by atoms with Gasteiger partial charge in [0.2, 0.25) is 0 Å². The first-order chi connectivity index (χ1) is 5.65. The third-order valence-corrected chi connectivity index (χ3v) is 1.92. The first-order valence-electron chi connectivity index (χ1n) is 4.12. The Kier molecular flexibility index (Phi) is 2.74. The summed E-state index contributed by atoms with van der Waals surface area (Å²) in [6.07, 6.45) is 0. The van der Waals surface area contributed by atoms with Gasteiger partial charge in [-0.15, -0.1) is 0 Å². The summed E-state index contributed by atoms with van der Waals surface area (Å²) >= 11 is 0. The minimum atomic E-state index is 0.278. The molecule has 0 amide bonds. The minimum absolute atomic E-state index is 0.278. The lowest BCUT2D eigenvalue weighted by molar-refractivity contribution is 0.408. The summed E-state index contributed by atoms with van der Waals surface area (Å²) in [5.74, 6) is 1.21. The molecule has 65 valence electrons. The summed E-state index contributed by atoms with van der Waals surface area (Å²) in [7, 11) is 1.69. The Morgan fingerprint density at radius 2 is 2.08 bits per heavy atom. The van der Waals surface area contributed by atoms with Crippen molar-refractivity contribution in [3.05, 3.63) is 36.2 Å². The molecule has 0 spiro atoms. The van der Waals surface area contributed by atoms with Gasteiger partial charge in [-0.2, -0.15) is 0 Å². The van der Waals surface area contributed by atoms with Gasteiger partial charge in [-0.05, 0) is 31.4 Å². The second kappa shape index (κ2) is 3.61. The van der Waals surface area contributed by atoms with E-state index in [0.29, 0.717) is 0 Å². The van der Waals surface area contributed by atoms with Crippen molar-refractivity contribution in [2.24, 2.45) is 0 Å². The van der Waals surface area contributed by atoms with Crippen LogP contribution in [0.2, 0.25) is 0 Å². The summed E-state index contributed by atoms with van der Waals surface area (Å²) in [5.41, 5.74) is 2.43. The Morgan fingerprint density at radius 1 is 1.42 bits per heavy atom. The van der Waals surface area contributed by atoms with Crippen LogP contribution in [0.4, 0.5) is 0 Å². The molecule has 1 aromatic rings. The highest BCUT2D eigenvalue weighted by atomic mass is 16.5. The fourth-order valence-electron chi connectivity index (χ4n) is 1.24. The maximum Gasteiger partial charge on any atom is 0.122 e. The molecule has 0 saturated heterocycles. The summed E-state index contributed by atoms with van der Waals surface area (Å²) in [4.78, 5) is 0. The van der Waals surface area contributed by atoms with Gasteiger partial charge in [-0.3, -0.25) is 0 Å². The van der Waals surface area contributed by atoms with Crippen LogP contribution in [0, 0.1) is 13.8 Å². The number of aryl methyl sites for hydroxylation is 1. The molecule has 0 aliphatic heterocycles. The van der Waals surface area contributed by atoms with E-state index in [0.717, 1.165) is 5.75 Å². The topological polar surface area (TPSA) is 9.23 Å². The molecular formula is C11H15O. The Balaban J connectivity index is 3.12. The Morgan fingerprint density at radius 3 is 2.58 bits per heavy atom. The monoisotopic (exact) mass is 163 g/mol. The summed E-state index contributed by atoms with van der Waals surface area (Å²) < 4.78 is 5.22. The molecule has 0 saturated carbocycles. The van der Waals surface area contributed by atoms with E-state index in [1.807, 2.05) is 12.1 Å². The first-order valence-corrected chi connectivity index (χ1v) is 4.12. The second-order valence-corrected chi connectivity index (χ2v) is 3.15. The van der Waals surface area contributed by atoms with E-state index >= 15 is 0 Å². The van der Waals surface area contributed by atoms with Crippen LogP contribution in [0.15, 0.2) is 18.2 Å². The van der Waals surface area contributed by atoms with Crippen molar-refractivity contribution in [1.82, 2.24) is 0 Å². The number of rotatable bonds is 2. The fraction of sp³-hybridized carbons (Fsp3) is 0.364. The number of hydrogen-bond acceptors (Lipinski definition) is 1. The van der Waals surface area contributed by atoms with E-state index in [1.54, 1.807) is 7.11 Å². The molecule has 1 radical (unpaired) electrons. The van der Waals surface area contributed by atoms with Crippen LogP contribution in [0.5, 0.6) is 5.75 Å². The molecule has 0 aromatic heterocycles. The van der Waals surface area contributed by atoms with E-state index in [9.17, 15) is 0 Å². The van der Waals surface area contributed by atoms with E-state index in [1.165, 1.54) is 11.1 Å². The summed E-state index contributed by atoms with van der Waals surface area (Å²) in [6.45, 7) is 8.12. The standard InChI is InChI=1S/C11H15O/c1-8(2)10-7-9(3)5-6-11(10)12-4/h5-8H,1H2,2-4H3. The van der Waals surface area contributed by atoms with Gasteiger partial charge in [0, 0.05) is 0 Å². The lowest BCUT2D eigenvalue weighted by Gasteiger charge is -2.11. The summed E-state index contributed by atoms with van der Waals surface area (Å²) in [5, 5.41) is 0. The van der Waals surface area contributed by atoms with Crippen LogP contribution in [0.1, 0.15) is 24.0 Å². The molecule has 1 aromatic carbocycles. The number of ether oxygens (including phenoxy) is 1. The van der Waals surface area contributed by atoms with Crippen LogP contribution < -0.4 is 4.74 Å². The van der Waals surface area contributed by atoms with Crippen LogP contribution in [0.25, 0.3) is 0 Å². The van der Waals surface area contributed by atoms with Gasteiger partial charge in [-0.1, -0.05) is 24.6 Å². The van der Waals surface area contributed by atoms with E-state index in [-0.39, 0.29) is 5.92 Å². The van der Waals surface area contributed by atoms with Gasteiger partial charge in [-0.25, -0.2) is 0 Å². The molecule has 1 atom stereocenters. The first kappa shape index (κ1) is 9.11. The predicted molar refractivity (Wildman–Crippen MR) is 51.5 cm³/mol. The SMILES string of the molecule is [CH2]C(C)c1cc(C)ccc1OC.